The first kappa shape index (κ1) is 12.2. The lowest BCUT2D eigenvalue weighted by atomic mass is 9.91. The minimum atomic E-state index is -0.356. The van der Waals surface area contributed by atoms with Gasteiger partial charge in [0.25, 0.3) is 0 Å². The van der Waals surface area contributed by atoms with Crippen molar-refractivity contribution in [1.82, 2.24) is 0 Å². The molecule has 0 bridgehead atoms. The van der Waals surface area contributed by atoms with E-state index < -0.39 is 0 Å². The normalized spacial score (nSPS) is 12.9. The van der Waals surface area contributed by atoms with Gasteiger partial charge in [0, 0.05) is 10.9 Å². The fourth-order valence-corrected chi connectivity index (χ4v) is 1.82. The van der Waals surface area contributed by atoms with Gasteiger partial charge in [-0.05, 0) is 36.1 Å². The van der Waals surface area contributed by atoms with Gasteiger partial charge in [-0.15, -0.1) is 0 Å². The highest BCUT2D eigenvalue weighted by molar-refractivity contribution is 6.31. The van der Waals surface area contributed by atoms with Gasteiger partial charge in [-0.2, -0.15) is 0 Å². The Hall–Kier alpha value is -0.890. The summed E-state index contributed by atoms with van der Waals surface area (Å²) >= 11 is 5.93. The van der Waals surface area contributed by atoms with Crippen LogP contribution in [0, 0.1) is 11.7 Å². The second kappa shape index (κ2) is 5.26. The fraction of sp³-hybridized carbons (Fsp3) is 0.417. The minimum Gasteiger partial charge on any atom is -0.303 e. The Balaban J connectivity index is 3.00. The quantitative estimate of drug-likeness (QED) is 0.717. The third-order valence-corrected chi connectivity index (χ3v) is 2.59. The topological polar surface area (TPSA) is 17.1 Å². The average molecular weight is 229 g/mol. The van der Waals surface area contributed by atoms with E-state index in [1.807, 2.05) is 13.8 Å². The molecule has 1 aromatic carbocycles. The fourth-order valence-electron chi connectivity index (χ4n) is 1.56. The van der Waals surface area contributed by atoms with Gasteiger partial charge in [-0.3, -0.25) is 0 Å². The van der Waals surface area contributed by atoms with Gasteiger partial charge >= 0.3 is 0 Å². The van der Waals surface area contributed by atoms with Crippen molar-refractivity contribution in [1.29, 1.82) is 0 Å². The minimum absolute atomic E-state index is 0.312. The van der Waals surface area contributed by atoms with E-state index in [4.69, 9.17) is 11.6 Å². The summed E-state index contributed by atoms with van der Waals surface area (Å²) in [6.07, 6.45) is 1.52. The van der Waals surface area contributed by atoms with Crippen LogP contribution < -0.4 is 0 Å². The van der Waals surface area contributed by atoms with E-state index in [1.54, 1.807) is 0 Å². The zero-order valence-electron chi connectivity index (χ0n) is 8.84. The smallest absolute Gasteiger partial charge is 0.127 e. The van der Waals surface area contributed by atoms with E-state index in [1.165, 1.54) is 18.2 Å². The van der Waals surface area contributed by atoms with Gasteiger partial charge in [0.15, 0.2) is 0 Å². The van der Waals surface area contributed by atoms with Crippen LogP contribution >= 0.6 is 11.6 Å². The predicted octanol–water partition coefficient (Wildman–Crippen LogP) is 3.81. The molecule has 0 fully saturated rings. The molecule has 15 heavy (non-hydrogen) atoms. The first-order chi connectivity index (χ1) is 7.04. The van der Waals surface area contributed by atoms with Crippen molar-refractivity contribution in [2.24, 2.45) is 5.92 Å². The molecule has 0 heterocycles. The first-order valence-electron chi connectivity index (χ1n) is 4.94. The molecule has 0 saturated carbocycles. The van der Waals surface area contributed by atoms with Crippen LogP contribution in [0.5, 0.6) is 0 Å². The highest BCUT2D eigenvalue weighted by atomic mass is 35.5. The maximum absolute atomic E-state index is 13.0. The molecule has 0 N–H and O–H groups in total. The monoisotopic (exact) mass is 228 g/mol. The van der Waals surface area contributed by atoms with E-state index in [0.29, 0.717) is 22.9 Å². The number of aldehydes is 1. The van der Waals surface area contributed by atoms with E-state index in [0.717, 1.165) is 6.29 Å². The third kappa shape index (κ3) is 3.31. The molecule has 82 valence electrons. The van der Waals surface area contributed by atoms with Crippen LogP contribution in [-0.2, 0) is 4.79 Å². The van der Waals surface area contributed by atoms with Crippen molar-refractivity contribution in [3.8, 4) is 0 Å². The summed E-state index contributed by atoms with van der Waals surface area (Å²) < 4.78 is 13.0. The summed E-state index contributed by atoms with van der Waals surface area (Å²) in [7, 11) is 0. The highest BCUT2D eigenvalue weighted by Crippen LogP contribution is 2.28. The number of carbonyl (C=O) groups is 1. The van der Waals surface area contributed by atoms with Crippen LogP contribution in [0.15, 0.2) is 18.2 Å². The Labute approximate surface area is 94.3 Å². The maximum Gasteiger partial charge on any atom is 0.127 e. The molecule has 0 saturated heterocycles. The first-order valence-corrected chi connectivity index (χ1v) is 5.32. The van der Waals surface area contributed by atoms with Gasteiger partial charge in [0.05, 0.1) is 0 Å². The van der Waals surface area contributed by atoms with E-state index in [9.17, 15) is 9.18 Å². The van der Waals surface area contributed by atoms with Gasteiger partial charge in [-0.25, -0.2) is 4.39 Å². The maximum atomic E-state index is 13.0. The summed E-state index contributed by atoms with van der Waals surface area (Å²) in [5.74, 6) is -0.294. The molecule has 1 atom stereocenters. The van der Waals surface area contributed by atoms with Crippen molar-refractivity contribution >= 4 is 17.9 Å². The standard InChI is InChI=1S/C12H14ClFO/c1-8(2)5-9(7-15)11-6-10(14)3-4-12(11)13/h3-4,6-9H,5H2,1-2H3. The lowest BCUT2D eigenvalue weighted by Crippen LogP contribution is -2.05. The number of hydrogen-bond acceptors (Lipinski definition) is 1. The van der Waals surface area contributed by atoms with E-state index >= 15 is 0 Å². The number of benzene rings is 1. The Morgan fingerprint density at radius 2 is 2.13 bits per heavy atom. The summed E-state index contributed by atoms with van der Waals surface area (Å²) in [6, 6.07) is 4.12. The van der Waals surface area contributed by atoms with Gasteiger partial charge in [-0.1, -0.05) is 25.4 Å². The van der Waals surface area contributed by atoms with Crippen molar-refractivity contribution < 1.29 is 9.18 Å². The highest BCUT2D eigenvalue weighted by Gasteiger charge is 2.16. The summed E-state index contributed by atoms with van der Waals surface area (Å²) in [6.45, 7) is 4.04. The Bertz CT molecular complexity index is 349. The van der Waals surface area contributed by atoms with Crippen molar-refractivity contribution in [3.63, 3.8) is 0 Å². The van der Waals surface area contributed by atoms with Gasteiger partial charge < -0.3 is 4.79 Å². The molecule has 0 aliphatic rings. The molecule has 1 rings (SSSR count). The van der Waals surface area contributed by atoms with Crippen molar-refractivity contribution in [3.05, 3.63) is 34.6 Å². The van der Waals surface area contributed by atoms with Crippen LogP contribution in [0.1, 0.15) is 31.7 Å². The number of halogens is 2. The average Bonchev–Trinajstić information content (AvgIpc) is 2.18. The lowest BCUT2D eigenvalue weighted by molar-refractivity contribution is -0.109. The van der Waals surface area contributed by atoms with Gasteiger partial charge in [0.1, 0.15) is 12.1 Å². The number of hydrogen-bond donors (Lipinski definition) is 0. The van der Waals surface area contributed by atoms with Crippen molar-refractivity contribution in [2.75, 3.05) is 0 Å². The molecule has 0 aliphatic heterocycles. The van der Waals surface area contributed by atoms with Crippen LogP contribution in [-0.4, -0.2) is 6.29 Å². The molecule has 3 heteroatoms. The zero-order valence-corrected chi connectivity index (χ0v) is 9.59. The van der Waals surface area contributed by atoms with E-state index in [2.05, 4.69) is 0 Å². The molecule has 1 nitrogen and oxygen atoms in total. The third-order valence-electron chi connectivity index (χ3n) is 2.25. The molecular formula is C12H14ClFO. The Morgan fingerprint density at radius 3 is 2.67 bits per heavy atom. The SMILES string of the molecule is CC(C)CC(C=O)c1cc(F)ccc1Cl. The van der Waals surface area contributed by atoms with Crippen LogP contribution in [0.25, 0.3) is 0 Å². The molecular weight excluding hydrogens is 215 g/mol. The molecule has 1 aromatic rings. The summed E-state index contributed by atoms with van der Waals surface area (Å²) in [4.78, 5) is 10.9. The lowest BCUT2D eigenvalue weighted by Gasteiger charge is -2.14. The van der Waals surface area contributed by atoms with Crippen molar-refractivity contribution in [2.45, 2.75) is 26.2 Å². The second-order valence-corrected chi connectivity index (χ2v) is 4.45. The summed E-state index contributed by atoms with van der Waals surface area (Å²) in [5, 5.41) is 0.453. The molecule has 0 amide bonds. The predicted molar refractivity (Wildman–Crippen MR) is 59.7 cm³/mol. The van der Waals surface area contributed by atoms with E-state index in [-0.39, 0.29) is 11.7 Å². The molecule has 1 unspecified atom stereocenters. The molecule has 0 aliphatic carbocycles. The van der Waals surface area contributed by atoms with Crippen LogP contribution in [0.2, 0.25) is 5.02 Å². The zero-order chi connectivity index (χ0) is 11.4. The number of carbonyl (C=O) groups excluding carboxylic acids is 1. The Kier molecular flexibility index (Phi) is 4.28. The number of rotatable bonds is 4. The van der Waals surface area contributed by atoms with Gasteiger partial charge in [0.2, 0.25) is 0 Å². The summed E-state index contributed by atoms with van der Waals surface area (Å²) in [5.41, 5.74) is 0.584. The van der Waals surface area contributed by atoms with Crippen LogP contribution in [0.3, 0.4) is 0 Å². The largest absolute Gasteiger partial charge is 0.303 e. The Morgan fingerprint density at radius 1 is 1.47 bits per heavy atom. The second-order valence-electron chi connectivity index (χ2n) is 4.04. The molecule has 0 aromatic heterocycles. The molecule has 0 radical (unpaired) electrons. The van der Waals surface area contributed by atoms with Crippen LogP contribution in [0.4, 0.5) is 4.39 Å². The molecule has 0 spiro atoms.